The Morgan fingerprint density at radius 1 is 1.24 bits per heavy atom. The molecule has 2 N–H and O–H groups in total. The van der Waals surface area contributed by atoms with Crippen LogP contribution in [-0.4, -0.2) is 37.5 Å². The first-order chi connectivity index (χ1) is 10.2. The fourth-order valence-corrected chi connectivity index (χ4v) is 3.30. The van der Waals surface area contributed by atoms with E-state index in [-0.39, 0.29) is 12.1 Å². The SMILES string of the molecule is CCOc1ccc(OCCC2CCCC2(CO)NC)cc1. The predicted molar refractivity (Wildman–Crippen MR) is 83.9 cm³/mol. The average molecular weight is 293 g/mol. The molecule has 2 atom stereocenters. The van der Waals surface area contributed by atoms with Crippen molar-refractivity contribution in [2.45, 2.75) is 38.1 Å². The molecule has 1 saturated carbocycles. The number of aliphatic hydroxyl groups excluding tert-OH is 1. The lowest BCUT2D eigenvalue weighted by Crippen LogP contribution is -2.49. The number of likely N-dealkylation sites (N-methyl/N-ethyl adjacent to an activating group) is 1. The van der Waals surface area contributed by atoms with Gasteiger partial charge in [-0.3, -0.25) is 0 Å². The van der Waals surface area contributed by atoms with Crippen LogP contribution in [-0.2, 0) is 0 Å². The molecule has 0 bridgehead atoms. The number of aliphatic hydroxyl groups is 1. The summed E-state index contributed by atoms with van der Waals surface area (Å²) in [6.07, 6.45) is 4.35. The molecule has 0 saturated heterocycles. The summed E-state index contributed by atoms with van der Waals surface area (Å²) in [5.74, 6) is 2.22. The summed E-state index contributed by atoms with van der Waals surface area (Å²) in [4.78, 5) is 0. The van der Waals surface area contributed by atoms with Crippen LogP contribution in [0.25, 0.3) is 0 Å². The Morgan fingerprint density at radius 3 is 2.48 bits per heavy atom. The number of benzene rings is 1. The highest BCUT2D eigenvalue weighted by atomic mass is 16.5. The van der Waals surface area contributed by atoms with E-state index in [0.29, 0.717) is 19.1 Å². The third kappa shape index (κ3) is 3.89. The van der Waals surface area contributed by atoms with E-state index < -0.39 is 0 Å². The van der Waals surface area contributed by atoms with Gasteiger partial charge in [0, 0.05) is 5.54 Å². The van der Waals surface area contributed by atoms with E-state index in [9.17, 15) is 5.11 Å². The van der Waals surface area contributed by atoms with Crippen molar-refractivity contribution in [2.24, 2.45) is 5.92 Å². The van der Waals surface area contributed by atoms with E-state index in [1.165, 1.54) is 6.42 Å². The van der Waals surface area contributed by atoms with E-state index in [2.05, 4.69) is 5.32 Å². The number of hydrogen-bond acceptors (Lipinski definition) is 4. The Balaban J connectivity index is 1.81. The van der Waals surface area contributed by atoms with Crippen molar-refractivity contribution in [3.05, 3.63) is 24.3 Å². The van der Waals surface area contributed by atoms with Crippen molar-refractivity contribution >= 4 is 0 Å². The molecule has 0 amide bonds. The summed E-state index contributed by atoms with van der Waals surface area (Å²) in [6.45, 7) is 3.54. The second kappa shape index (κ2) is 7.66. The minimum Gasteiger partial charge on any atom is -0.494 e. The molecular formula is C17H27NO3. The highest BCUT2D eigenvalue weighted by Crippen LogP contribution is 2.37. The average Bonchev–Trinajstić information content (AvgIpc) is 2.93. The lowest BCUT2D eigenvalue weighted by atomic mass is 9.86. The van der Waals surface area contributed by atoms with Gasteiger partial charge in [0.25, 0.3) is 0 Å². The van der Waals surface area contributed by atoms with Crippen LogP contribution in [0, 0.1) is 5.92 Å². The molecule has 118 valence electrons. The summed E-state index contributed by atoms with van der Waals surface area (Å²) in [5.41, 5.74) is -0.109. The molecule has 2 unspecified atom stereocenters. The first-order valence-electron chi connectivity index (χ1n) is 7.89. The van der Waals surface area contributed by atoms with Crippen LogP contribution >= 0.6 is 0 Å². The molecule has 4 nitrogen and oxygen atoms in total. The largest absolute Gasteiger partial charge is 0.494 e. The van der Waals surface area contributed by atoms with Crippen molar-refractivity contribution < 1.29 is 14.6 Å². The van der Waals surface area contributed by atoms with E-state index in [4.69, 9.17) is 9.47 Å². The number of nitrogens with one attached hydrogen (secondary N) is 1. The Bertz CT molecular complexity index is 415. The summed E-state index contributed by atoms with van der Waals surface area (Å²) in [6, 6.07) is 7.74. The zero-order valence-electron chi connectivity index (χ0n) is 13.1. The van der Waals surface area contributed by atoms with Crippen LogP contribution in [0.4, 0.5) is 0 Å². The van der Waals surface area contributed by atoms with E-state index in [0.717, 1.165) is 30.8 Å². The highest BCUT2D eigenvalue weighted by molar-refractivity contribution is 5.31. The van der Waals surface area contributed by atoms with Crippen LogP contribution in [0.1, 0.15) is 32.6 Å². The molecule has 0 radical (unpaired) electrons. The maximum absolute atomic E-state index is 9.67. The third-order valence-corrected chi connectivity index (χ3v) is 4.61. The second-order valence-corrected chi connectivity index (χ2v) is 5.69. The first-order valence-corrected chi connectivity index (χ1v) is 7.89. The van der Waals surface area contributed by atoms with Crippen LogP contribution in [0.15, 0.2) is 24.3 Å². The Hall–Kier alpha value is -1.26. The van der Waals surface area contributed by atoms with E-state index in [1.54, 1.807) is 0 Å². The Kier molecular flexibility index (Phi) is 5.88. The van der Waals surface area contributed by atoms with Gasteiger partial charge in [0.1, 0.15) is 11.5 Å². The smallest absolute Gasteiger partial charge is 0.119 e. The van der Waals surface area contributed by atoms with Crippen LogP contribution < -0.4 is 14.8 Å². The van der Waals surface area contributed by atoms with E-state index in [1.807, 2.05) is 38.2 Å². The van der Waals surface area contributed by atoms with Gasteiger partial charge in [-0.15, -0.1) is 0 Å². The molecule has 0 heterocycles. The van der Waals surface area contributed by atoms with Gasteiger partial charge in [-0.2, -0.15) is 0 Å². The quantitative estimate of drug-likeness (QED) is 0.773. The lowest BCUT2D eigenvalue weighted by Gasteiger charge is -2.33. The molecule has 0 aliphatic heterocycles. The van der Waals surface area contributed by atoms with Crippen LogP contribution in [0.3, 0.4) is 0 Å². The molecule has 21 heavy (non-hydrogen) atoms. The molecule has 0 spiro atoms. The van der Waals surface area contributed by atoms with Crippen molar-refractivity contribution in [1.29, 1.82) is 0 Å². The van der Waals surface area contributed by atoms with Gasteiger partial charge >= 0.3 is 0 Å². The maximum atomic E-state index is 9.67. The Labute approximate surface area is 127 Å². The van der Waals surface area contributed by atoms with E-state index >= 15 is 0 Å². The van der Waals surface area contributed by atoms with Crippen LogP contribution in [0.5, 0.6) is 11.5 Å². The number of rotatable bonds is 8. The zero-order valence-corrected chi connectivity index (χ0v) is 13.1. The summed E-state index contributed by atoms with van der Waals surface area (Å²) in [7, 11) is 1.95. The van der Waals surface area contributed by atoms with Crippen molar-refractivity contribution in [2.75, 3.05) is 26.9 Å². The van der Waals surface area contributed by atoms with Gasteiger partial charge in [-0.1, -0.05) is 6.42 Å². The van der Waals surface area contributed by atoms with Crippen molar-refractivity contribution in [1.82, 2.24) is 5.32 Å². The number of ether oxygens (including phenoxy) is 2. The minimum absolute atomic E-state index is 0.109. The monoisotopic (exact) mass is 293 g/mol. The van der Waals surface area contributed by atoms with Gasteiger partial charge in [-0.05, 0) is 63.4 Å². The topological polar surface area (TPSA) is 50.7 Å². The third-order valence-electron chi connectivity index (χ3n) is 4.61. The lowest BCUT2D eigenvalue weighted by molar-refractivity contribution is 0.117. The second-order valence-electron chi connectivity index (χ2n) is 5.69. The normalized spacial score (nSPS) is 25.0. The zero-order chi connectivity index (χ0) is 15.1. The predicted octanol–water partition coefficient (Wildman–Crippen LogP) is 2.60. The van der Waals surface area contributed by atoms with Gasteiger partial charge < -0.3 is 19.9 Å². The standard InChI is InChI=1S/C17H27NO3/c1-3-20-15-6-8-16(9-7-15)21-12-10-14-5-4-11-17(14,13-19)18-2/h6-9,14,18-19H,3-5,10-13H2,1-2H3. The molecule has 1 fully saturated rings. The molecule has 4 heteroatoms. The fourth-order valence-electron chi connectivity index (χ4n) is 3.30. The van der Waals surface area contributed by atoms with Gasteiger partial charge in [-0.25, -0.2) is 0 Å². The molecule has 2 rings (SSSR count). The minimum atomic E-state index is -0.109. The van der Waals surface area contributed by atoms with Gasteiger partial charge in [0.15, 0.2) is 0 Å². The molecule has 1 aliphatic carbocycles. The summed E-state index contributed by atoms with van der Waals surface area (Å²) in [5, 5.41) is 13.0. The van der Waals surface area contributed by atoms with Gasteiger partial charge in [0.2, 0.25) is 0 Å². The molecular weight excluding hydrogens is 266 g/mol. The van der Waals surface area contributed by atoms with Crippen molar-refractivity contribution in [3.63, 3.8) is 0 Å². The molecule has 1 aromatic carbocycles. The molecule has 1 aliphatic rings. The van der Waals surface area contributed by atoms with Crippen LogP contribution in [0.2, 0.25) is 0 Å². The molecule has 1 aromatic rings. The summed E-state index contributed by atoms with van der Waals surface area (Å²) >= 11 is 0. The summed E-state index contributed by atoms with van der Waals surface area (Å²) < 4.78 is 11.2. The maximum Gasteiger partial charge on any atom is 0.119 e. The highest BCUT2D eigenvalue weighted by Gasteiger charge is 2.40. The number of hydrogen-bond donors (Lipinski definition) is 2. The molecule has 0 aromatic heterocycles. The van der Waals surface area contributed by atoms with Crippen molar-refractivity contribution in [3.8, 4) is 11.5 Å². The Morgan fingerprint density at radius 2 is 1.90 bits per heavy atom. The first kappa shape index (κ1) is 16.1. The fraction of sp³-hybridized carbons (Fsp3) is 0.647. The van der Waals surface area contributed by atoms with Gasteiger partial charge in [0.05, 0.1) is 19.8 Å².